The van der Waals surface area contributed by atoms with Gasteiger partial charge in [0.2, 0.25) is 0 Å². The lowest BCUT2D eigenvalue weighted by Crippen LogP contribution is -2.46. The van der Waals surface area contributed by atoms with Gasteiger partial charge in [-0.25, -0.2) is 4.39 Å². The summed E-state index contributed by atoms with van der Waals surface area (Å²) in [5, 5.41) is 3.33. The van der Waals surface area contributed by atoms with Crippen LogP contribution in [0.25, 0.3) is 0 Å². The smallest absolute Gasteiger partial charge is 0.141 e. The minimum Gasteiger partial charge on any atom is -0.311 e. The molecule has 0 bridgehead atoms. The predicted molar refractivity (Wildman–Crippen MR) is 88.1 cm³/mol. The third-order valence-electron chi connectivity index (χ3n) is 4.00. The van der Waals surface area contributed by atoms with Crippen LogP contribution in [0, 0.1) is 11.7 Å². The molecule has 1 aliphatic heterocycles. The van der Waals surface area contributed by atoms with Gasteiger partial charge in [-0.15, -0.1) is 0 Å². The molecular formula is C16H26FN3S. The van der Waals surface area contributed by atoms with Crippen molar-refractivity contribution in [2.45, 2.75) is 31.6 Å². The average molecular weight is 311 g/mol. The quantitative estimate of drug-likeness (QED) is 0.905. The maximum absolute atomic E-state index is 13.0. The molecule has 5 heteroatoms. The van der Waals surface area contributed by atoms with Gasteiger partial charge in [-0.3, -0.25) is 4.98 Å². The van der Waals surface area contributed by atoms with E-state index in [-0.39, 0.29) is 11.9 Å². The molecule has 1 saturated heterocycles. The number of pyridine rings is 1. The van der Waals surface area contributed by atoms with Crippen LogP contribution in [-0.2, 0) is 0 Å². The minimum atomic E-state index is -0.281. The molecule has 1 aromatic heterocycles. The lowest BCUT2D eigenvalue weighted by atomic mass is 9.97. The van der Waals surface area contributed by atoms with Crippen LogP contribution in [0.5, 0.6) is 0 Å². The highest BCUT2D eigenvalue weighted by atomic mass is 32.2. The molecule has 1 N–H and O–H groups in total. The van der Waals surface area contributed by atoms with Gasteiger partial charge in [0.1, 0.15) is 5.82 Å². The van der Waals surface area contributed by atoms with Gasteiger partial charge in [-0.2, -0.15) is 11.8 Å². The number of thioether (sulfide) groups is 1. The average Bonchev–Trinajstić information content (AvgIpc) is 2.40. The third-order valence-corrected chi connectivity index (χ3v) is 5.30. The Morgan fingerprint density at radius 3 is 2.81 bits per heavy atom. The van der Waals surface area contributed by atoms with Crippen molar-refractivity contribution in [2.75, 3.05) is 32.4 Å². The maximum atomic E-state index is 13.0. The first-order valence-electron chi connectivity index (χ1n) is 7.56. The number of hydrogen-bond donors (Lipinski definition) is 1. The molecule has 3 nitrogen and oxygen atoms in total. The van der Waals surface area contributed by atoms with Crippen LogP contribution in [0.4, 0.5) is 4.39 Å². The van der Waals surface area contributed by atoms with E-state index in [4.69, 9.17) is 0 Å². The minimum absolute atomic E-state index is 0.156. The van der Waals surface area contributed by atoms with Gasteiger partial charge in [-0.05, 0) is 38.9 Å². The molecule has 118 valence electrons. The van der Waals surface area contributed by atoms with E-state index < -0.39 is 0 Å². The Bertz CT molecular complexity index is 449. The van der Waals surface area contributed by atoms with E-state index in [1.807, 2.05) is 7.05 Å². The molecule has 1 aromatic rings. The number of nitrogens with one attached hydrogen (secondary N) is 1. The van der Waals surface area contributed by atoms with Crippen molar-refractivity contribution in [3.63, 3.8) is 0 Å². The van der Waals surface area contributed by atoms with Crippen LogP contribution in [0.1, 0.15) is 32.5 Å². The Morgan fingerprint density at radius 1 is 1.48 bits per heavy atom. The Morgan fingerprint density at radius 2 is 2.24 bits per heavy atom. The molecule has 2 rings (SSSR count). The summed E-state index contributed by atoms with van der Waals surface area (Å²) in [5.41, 5.74) is 0.914. The van der Waals surface area contributed by atoms with Crippen LogP contribution in [0.2, 0.25) is 0 Å². The molecule has 1 fully saturated rings. The Labute approximate surface area is 131 Å². The highest BCUT2D eigenvalue weighted by Gasteiger charge is 2.29. The highest BCUT2D eigenvalue weighted by molar-refractivity contribution is 8.00. The molecule has 2 atom stereocenters. The van der Waals surface area contributed by atoms with Crippen molar-refractivity contribution in [3.8, 4) is 0 Å². The maximum Gasteiger partial charge on any atom is 0.141 e. The summed E-state index contributed by atoms with van der Waals surface area (Å²) in [6.07, 6.45) is 1.30. The van der Waals surface area contributed by atoms with Crippen LogP contribution >= 0.6 is 11.8 Å². The fourth-order valence-corrected chi connectivity index (χ4v) is 4.25. The monoisotopic (exact) mass is 311 g/mol. The van der Waals surface area contributed by atoms with E-state index in [0.29, 0.717) is 10.7 Å². The van der Waals surface area contributed by atoms with Gasteiger partial charge < -0.3 is 10.2 Å². The zero-order valence-corrected chi connectivity index (χ0v) is 14.2. The molecule has 1 aliphatic rings. The van der Waals surface area contributed by atoms with E-state index >= 15 is 0 Å². The molecule has 0 aliphatic carbocycles. The van der Waals surface area contributed by atoms with Gasteiger partial charge >= 0.3 is 0 Å². The largest absolute Gasteiger partial charge is 0.311 e. The third kappa shape index (κ3) is 4.66. The SMILES string of the molecule is CNC(c1ccc(F)cn1)C(C)CN1CCSC(C)(C)C1. The first kappa shape index (κ1) is 16.7. The second-order valence-electron chi connectivity index (χ2n) is 6.49. The molecule has 21 heavy (non-hydrogen) atoms. The van der Waals surface area contributed by atoms with E-state index in [1.54, 1.807) is 6.07 Å². The van der Waals surface area contributed by atoms with Gasteiger partial charge in [0.05, 0.1) is 17.9 Å². The number of rotatable bonds is 5. The number of nitrogens with zero attached hydrogens (tertiary/aromatic N) is 2. The van der Waals surface area contributed by atoms with Gasteiger partial charge in [0.15, 0.2) is 0 Å². The summed E-state index contributed by atoms with van der Waals surface area (Å²) < 4.78 is 13.4. The predicted octanol–water partition coefficient (Wildman–Crippen LogP) is 2.94. The van der Waals surface area contributed by atoms with Crippen molar-refractivity contribution in [3.05, 3.63) is 29.8 Å². The standard InChI is InChI=1S/C16H26FN3S/c1-12(10-20-7-8-21-16(2,3)11-20)15(18-4)14-6-5-13(17)9-19-14/h5-6,9,12,15,18H,7-8,10-11H2,1-4H3. The molecule has 0 spiro atoms. The van der Waals surface area contributed by atoms with E-state index in [9.17, 15) is 4.39 Å². The number of aromatic nitrogens is 1. The van der Waals surface area contributed by atoms with Crippen molar-refractivity contribution < 1.29 is 4.39 Å². The molecule has 2 unspecified atom stereocenters. The molecule has 0 radical (unpaired) electrons. The van der Waals surface area contributed by atoms with Crippen LogP contribution < -0.4 is 5.32 Å². The Hall–Kier alpha value is -0.650. The zero-order valence-electron chi connectivity index (χ0n) is 13.4. The summed E-state index contributed by atoms with van der Waals surface area (Å²) in [6.45, 7) is 10.2. The highest BCUT2D eigenvalue weighted by Crippen LogP contribution is 2.31. The summed E-state index contributed by atoms with van der Waals surface area (Å²) in [4.78, 5) is 6.77. The van der Waals surface area contributed by atoms with Crippen molar-refractivity contribution in [2.24, 2.45) is 5.92 Å². The van der Waals surface area contributed by atoms with Gasteiger partial charge in [0, 0.05) is 30.1 Å². The van der Waals surface area contributed by atoms with E-state index in [2.05, 4.69) is 47.7 Å². The summed E-state index contributed by atoms with van der Waals surface area (Å²) in [6, 6.07) is 3.42. The normalized spacial score (nSPS) is 22.0. The van der Waals surface area contributed by atoms with Crippen molar-refractivity contribution in [1.82, 2.24) is 15.2 Å². The van der Waals surface area contributed by atoms with Crippen LogP contribution in [0.3, 0.4) is 0 Å². The fraction of sp³-hybridized carbons (Fsp3) is 0.688. The first-order valence-corrected chi connectivity index (χ1v) is 8.55. The lowest BCUT2D eigenvalue weighted by Gasteiger charge is -2.39. The lowest BCUT2D eigenvalue weighted by molar-refractivity contribution is 0.204. The van der Waals surface area contributed by atoms with Gasteiger partial charge in [0.25, 0.3) is 0 Å². The first-order chi connectivity index (χ1) is 9.91. The summed E-state index contributed by atoms with van der Waals surface area (Å²) in [7, 11) is 1.95. The van der Waals surface area contributed by atoms with Crippen LogP contribution in [-0.4, -0.2) is 47.1 Å². The second-order valence-corrected chi connectivity index (χ2v) is 8.29. The Balaban J connectivity index is 2.00. The van der Waals surface area contributed by atoms with Crippen LogP contribution in [0.15, 0.2) is 18.3 Å². The number of halogens is 1. The van der Waals surface area contributed by atoms with Gasteiger partial charge in [-0.1, -0.05) is 6.92 Å². The van der Waals surface area contributed by atoms with E-state index in [0.717, 1.165) is 25.3 Å². The zero-order chi connectivity index (χ0) is 15.5. The topological polar surface area (TPSA) is 28.2 Å². The Kier molecular flexibility index (Phi) is 5.63. The molecule has 2 heterocycles. The summed E-state index contributed by atoms with van der Waals surface area (Å²) in [5.74, 6) is 1.33. The fourth-order valence-electron chi connectivity index (χ4n) is 3.08. The molecular weight excluding hydrogens is 285 g/mol. The van der Waals surface area contributed by atoms with Crippen molar-refractivity contribution >= 4 is 11.8 Å². The van der Waals surface area contributed by atoms with Crippen molar-refractivity contribution in [1.29, 1.82) is 0 Å². The molecule has 0 saturated carbocycles. The summed E-state index contributed by atoms with van der Waals surface area (Å²) >= 11 is 2.05. The number of hydrogen-bond acceptors (Lipinski definition) is 4. The van der Waals surface area contributed by atoms with E-state index in [1.165, 1.54) is 18.0 Å². The second kappa shape index (κ2) is 7.07. The molecule has 0 amide bonds. The molecule has 0 aromatic carbocycles.